The summed E-state index contributed by atoms with van der Waals surface area (Å²) in [6.45, 7) is 2.18. The second kappa shape index (κ2) is 9.78. The van der Waals surface area contributed by atoms with Gasteiger partial charge in [-0.25, -0.2) is 13.2 Å². The van der Waals surface area contributed by atoms with Crippen molar-refractivity contribution >= 4 is 16.7 Å². The molecule has 2 aromatic carbocycles. The fourth-order valence-corrected chi connectivity index (χ4v) is 5.35. The molecule has 0 saturated heterocycles. The van der Waals surface area contributed by atoms with Crippen molar-refractivity contribution in [2.75, 3.05) is 0 Å². The number of aromatic nitrogens is 3. The van der Waals surface area contributed by atoms with Gasteiger partial charge in [-0.05, 0) is 78.6 Å². The minimum Gasteiger partial charge on any atom is -0.328 e. The first-order chi connectivity index (χ1) is 17.3. The van der Waals surface area contributed by atoms with Gasteiger partial charge < -0.3 is 5.73 Å². The van der Waals surface area contributed by atoms with E-state index in [-0.39, 0.29) is 46.3 Å². The number of pyridine rings is 1. The average Bonchev–Trinajstić information content (AvgIpc) is 2.84. The third-order valence-corrected chi connectivity index (χ3v) is 6.93. The number of rotatable bonds is 5. The van der Waals surface area contributed by atoms with Crippen LogP contribution < -0.4 is 5.73 Å². The monoisotopic (exact) mass is 490 g/mol. The molecule has 36 heavy (non-hydrogen) atoms. The number of benzene rings is 2. The van der Waals surface area contributed by atoms with Crippen LogP contribution in [-0.2, 0) is 6.42 Å². The highest BCUT2D eigenvalue weighted by Crippen LogP contribution is 2.37. The van der Waals surface area contributed by atoms with Gasteiger partial charge >= 0.3 is 0 Å². The highest BCUT2D eigenvalue weighted by molar-refractivity contribution is 6.07. The normalized spacial score (nSPS) is 20.0. The Balaban J connectivity index is 1.50. The lowest BCUT2D eigenvalue weighted by Crippen LogP contribution is -2.31. The molecular weight excluding hydrogens is 465 g/mol. The zero-order valence-electron chi connectivity index (χ0n) is 19.7. The molecule has 1 aliphatic carbocycles. The first kappa shape index (κ1) is 24.1. The number of Topliss-reactive ketones (excluding diaryl/α,β-unsaturated/α-hetero) is 1. The van der Waals surface area contributed by atoms with Gasteiger partial charge in [0.25, 0.3) is 0 Å². The molecule has 1 saturated carbocycles. The van der Waals surface area contributed by atoms with Crippen molar-refractivity contribution < 1.29 is 18.0 Å². The number of fused-ring (bicyclic) bond motifs is 1. The molecule has 0 unspecified atom stereocenters. The predicted molar refractivity (Wildman–Crippen MR) is 131 cm³/mol. The van der Waals surface area contributed by atoms with Gasteiger partial charge in [-0.15, -0.1) is 10.2 Å². The smallest absolute Gasteiger partial charge is 0.169 e. The summed E-state index contributed by atoms with van der Waals surface area (Å²) in [5.41, 5.74) is 7.78. The van der Waals surface area contributed by atoms with Crippen LogP contribution in [0.2, 0.25) is 0 Å². The van der Waals surface area contributed by atoms with Gasteiger partial charge in [0.2, 0.25) is 0 Å². The maximum Gasteiger partial charge on any atom is 0.169 e. The van der Waals surface area contributed by atoms with Crippen LogP contribution in [-0.4, -0.2) is 27.0 Å². The molecule has 1 aliphatic rings. The Hall–Kier alpha value is -3.65. The second-order valence-electron chi connectivity index (χ2n) is 9.63. The number of ketones is 1. The molecule has 0 bridgehead atoms. The lowest BCUT2D eigenvalue weighted by molar-refractivity contribution is 0.0993. The largest absolute Gasteiger partial charge is 0.328 e. The van der Waals surface area contributed by atoms with E-state index in [0.29, 0.717) is 5.92 Å². The van der Waals surface area contributed by atoms with Crippen LogP contribution in [0.5, 0.6) is 0 Å². The van der Waals surface area contributed by atoms with Crippen LogP contribution in [0.4, 0.5) is 13.2 Å². The first-order valence-electron chi connectivity index (χ1n) is 11.9. The molecule has 1 fully saturated rings. The molecule has 0 aliphatic heterocycles. The van der Waals surface area contributed by atoms with E-state index in [0.717, 1.165) is 48.6 Å². The molecule has 184 valence electrons. The second-order valence-corrected chi connectivity index (χ2v) is 9.63. The SMILES string of the molecule is C[C@@H]1C[C@H](N)C[C@H](c2ccncc2CC(=O)c2ccc(F)c3cc(-c4c(F)cccc4F)nnc23)C1. The van der Waals surface area contributed by atoms with E-state index >= 15 is 0 Å². The lowest BCUT2D eigenvalue weighted by atomic mass is 9.75. The van der Waals surface area contributed by atoms with Crippen LogP contribution in [0.25, 0.3) is 22.2 Å². The van der Waals surface area contributed by atoms with E-state index < -0.39 is 23.0 Å². The van der Waals surface area contributed by atoms with Crippen molar-refractivity contribution in [2.24, 2.45) is 11.7 Å². The van der Waals surface area contributed by atoms with E-state index in [9.17, 15) is 18.0 Å². The molecule has 0 spiro atoms. The van der Waals surface area contributed by atoms with E-state index in [4.69, 9.17) is 5.73 Å². The van der Waals surface area contributed by atoms with Gasteiger partial charge in [-0.1, -0.05) is 13.0 Å². The molecule has 5 nitrogen and oxygen atoms in total. The maximum absolute atomic E-state index is 14.7. The molecule has 0 amide bonds. The van der Waals surface area contributed by atoms with Gasteiger partial charge in [0, 0.05) is 35.8 Å². The maximum atomic E-state index is 14.7. The van der Waals surface area contributed by atoms with Gasteiger partial charge in [0.05, 0.1) is 11.3 Å². The minimum absolute atomic E-state index is 0.0352. The first-order valence-corrected chi connectivity index (χ1v) is 11.9. The van der Waals surface area contributed by atoms with E-state index in [1.54, 1.807) is 12.4 Å². The van der Waals surface area contributed by atoms with Crippen molar-refractivity contribution in [3.63, 3.8) is 0 Å². The molecule has 4 aromatic rings. The summed E-state index contributed by atoms with van der Waals surface area (Å²) in [5, 5.41) is 7.91. The van der Waals surface area contributed by atoms with Crippen LogP contribution in [0.1, 0.15) is 53.6 Å². The molecule has 8 heteroatoms. The highest BCUT2D eigenvalue weighted by atomic mass is 19.1. The summed E-state index contributed by atoms with van der Waals surface area (Å²) >= 11 is 0. The zero-order chi connectivity index (χ0) is 25.4. The number of nitrogens with zero attached hydrogens (tertiary/aromatic N) is 3. The van der Waals surface area contributed by atoms with Gasteiger partial charge in [0.15, 0.2) is 5.78 Å². The highest BCUT2D eigenvalue weighted by Gasteiger charge is 2.28. The van der Waals surface area contributed by atoms with Crippen molar-refractivity contribution in [2.45, 2.75) is 44.6 Å². The quantitative estimate of drug-likeness (QED) is 0.360. The predicted octanol–water partition coefficient (Wildman–Crippen LogP) is 5.77. The number of hydrogen-bond donors (Lipinski definition) is 1. The van der Waals surface area contributed by atoms with Crippen LogP contribution in [0, 0.1) is 23.4 Å². The van der Waals surface area contributed by atoms with Gasteiger partial charge in [-0.2, -0.15) is 0 Å². The van der Waals surface area contributed by atoms with Crippen molar-refractivity contribution in [3.8, 4) is 11.3 Å². The van der Waals surface area contributed by atoms with Crippen LogP contribution >= 0.6 is 0 Å². The summed E-state index contributed by atoms with van der Waals surface area (Å²) in [5.74, 6) is -1.89. The van der Waals surface area contributed by atoms with E-state index in [1.165, 1.54) is 18.2 Å². The van der Waals surface area contributed by atoms with Crippen molar-refractivity contribution in [1.29, 1.82) is 0 Å². The summed E-state index contributed by atoms with van der Waals surface area (Å²) in [7, 11) is 0. The number of carbonyl (C=O) groups excluding carboxylic acids is 1. The summed E-state index contributed by atoms with van der Waals surface area (Å²) in [4.78, 5) is 17.6. The van der Waals surface area contributed by atoms with Crippen molar-refractivity contribution in [3.05, 3.63) is 89.0 Å². The third-order valence-electron chi connectivity index (χ3n) is 6.93. The number of nitrogens with two attached hydrogens (primary N) is 1. The summed E-state index contributed by atoms with van der Waals surface area (Å²) in [6.07, 6.45) is 6.27. The van der Waals surface area contributed by atoms with Gasteiger partial charge in [-0.3, -0.25) is 9.78 Å². The molecular formula is C28H25F3N4O. The Bertz CT molecular complexity index is 1430. The number of carbonyl (C=O) groups is 1. The zero-order valence-corrected chi connectivity index (χ0v) is 19.7. The fourth-order valence-electron chi connectivity index (χ4n) is 5.35. The Labute approximate surface area is 206 Å². The average molecular weight is 491 g/mol. The number of halogens is 3. The molecule has 0 radical (unpaired) electrons. The van der Waals surface area contributed by atoms with Crippen LogP contribution in [0.15, 0.2) is 54.9 Å². The Kier molecular flexibility index (Phi) is 6.53. The van der Waals surface area contributed by atoms with E-state index in [2.05, 4.69) is 22.1 Å². The molecule has 3 atom stereocenters. The van der Waals surface area contributed by atoms with Crippen LogP contribution in [0.3, 0.4) is 0 Å². The topological polar surface area (TPSA) is 81.8 Å². The molecule has 2 heterocycles. The summed E-state index contributed by atoms with van der Waals surface area (Å²) < 4.78 is 43.3. The lowest BCUT2D eigenvalue weighted by Gasteiger charge is -2.32. The van der Waals surface area contributed by atoms with E-state index in [1.807, 2.05) is 6.07 Å². The van der Waals surface area contributed by atoms with Crippen molar-refractivity contribution in [1.82, 2.24) is 15.2 Å². The molecule has 2 N–H and O–H groups in total. The van der Waals surface area contributed by atoms with Gasteiger partial charge in [0.1, 0.15) is 23.0 Å². The molecule has 2 aromatic heterocycles. The Morgan fingerprint density at radius 3 is 2.53 bits per heavy atom. The Morgan fingerprint density at radius 2 is 1.78 bits per heavy atom. The standard InChI is InChI=1S/C28H25F3N4O/c1-15-9-16(11-18(32)10-15)19-7-8-33-14-17(19)12-26(36)20-5-6-22(29)21-13-25(34-35-28(20)21)27-23(30)3-2-4-24(27)31/h2-8,13-16,18H,9-12,32H2,1H3/t15-,16+,18-/m0/s1. The Morgan fingerprint density at radius 1 is 1.00 bits per heavy atom. The minimum atomic E-state index is -0.836. The molecule has 5 rings (SSSR count). The number of hydrogen-bond acceptors (Lipinski definition) is 5. The summed E-state index contributed by atoms with van der Waals surface area (Å²) in [6, 6.07) is 9.20. The third kappa shape index (κ3) is 4.60. The fraction of sp³-hybridized carbons (Fsp3) is 0.286.